The van der Waals surface area contributed by atoms with E-state index in [0.29, 0.717) is 5.41 Å². The molecule has 0 spiro atoms. The third kappa shape index (κ3) is 1.08. The summed E-state index contributed by atoms with van der Waals surface area (Å²) >= 11 is 0. The number of halogens is 1. The van der Waals surface area contributed by atoms with Gasteiger partial charge in [0.15, 0.2) is 0 Å². The lowest BCUT2D eigenvalue weighted by atomic mass is 9.58. The lowest BCUT2D eigenvalue weighted by Gasteiger charge is -2.50. The summed E-state index contributed by atoms with van der Waals surface area (Å²) in [5.74, 6) is 0. The minimum Gasteiger partial charge on any atom is -0.153 e. The number of nitrogens with one attached hydrogen (secondary N) is 1. The van der Waals surface area contributed by atoms with Crippen LogP contribution in [0, 0.1) is 5.41 Å². The highest BCUT2D eigenvalue weighted by Gasteiger charge is 2.46. The fraction of sp³-hybridized carbons (Fsp3) is 1.00. The highest BCUT2D eigenvalue weighted by atomic mass is 19.2. The zero-order valence-electron chi connectivity index (χ0n) is 7.12. The van der Waals surface area contributed by atoms with Crippen molar-refractivity contribution in [1.29, 1.82) is 0 Å². The fourth-order valence-electron chi connectivity index (χ4n) is 2.51. The quantitative estimate of drug-likeness (QED) is 0.577. The van der Waals surface area contributed by atoms with Crippen molar-refractivity contribution in [2.45, 2.75) is 51.0 Å². The predicted molar refractivity (Wildman–Crippen MR) is 42.8 cm³/mol. The SMILES string of the molecule is CC12CCC(NF)(CC1)CC2. The summed E-state index contributed by atoms with van der Waals surface area (Å²) in [5, 5.41) is 0. The number of hydrogen-bond donors (Lipinski definition) is 1. The van der Waals surface area contributed by atoms with Crippen LogP contribution in [0.1, 0.15) is 45.4 Å². The predicted octanol–water partition coefficient (Wildman–Crippen LogP) is 2.57. The third-order valence-corrected chi connectivity index (χ3v) is 3.82. The molecule has 0 radical (unpaired) electrons. The molecule has 0 unspecified atom stereocenters. The van der Waals surface area contributed by atoms with Gasteiger partial charge in [-0.05, 0) is 43.9 Å². The monoisotopic (exact) mass is 157 g/mol. The van der Waals surface area contributed by atoms with Crippen LogP contribution in [0.3, 0.4) is 0 Å². The highest BCUT2D eigenvalue weighted by molar-refractivity contribution is 5.01. The number of hydrogen-bond acceptors (Lipinski definition) is 1. The van der Waals surface area contributed by atoms with Crippen molar-refractivity contribution in [3.05, 3.63) is 0 Å². The van der Waals surface area contributed by atoms with E-state index in [4.69, 9.17) is 0 Å². The van der Waals surface area contributed by atoms with Crippen molar-refractivity contribution in [1.82, 2.24) is 5.54 Å². The normalized spacial score (nSPS) is 49.6. The molecule has 0 aromatic heterocycles. The Morgan fingerprint density at radius 2 is 1.45 bits per heavy atom. The molecule has 2 bridgehead atoms. The van der Waals surface area contributed by atoms with Gasteiger partial charge in [0.2, 0.25) is 0 Å². The Kier molecular flexibility index (Phi) is 1.50. The van der Waals surface area contributed by atoms with Crippen LogP contribution in [0.2, 0.25) is 0 Å². The molecule has 1 N–H and O–H groups in total. The van der Waals surface area contributed by atoms with Crippen molar-refractivity contribution in [3.8, 4) is 0 Å². The summed E-state index contributed by atoms with van der Waals surface area (Å²) < 4.78 is 12.4. The van der Waals surface area contributed by atoms with Gasteiger partial charge >= 0.3 is 0 Å². The van der Waals surface area contributed by atoms with Gasteiger partial charge in [-0.1, -0.05) is 6.92 Å². The molecule has 3 aliphatic rings. The van der Waals surface area contributed by atoms with Gasteiger partial charge in [-0.3, -0.25) is 0 Å². The van der Waals surface area contributed by atoms with E-state index in [0.717, 1.165) is 19.3 Å². The van der Waals surface area contributed by atoms with Gasteiger partial charge in [-0.25, -0.2) is 0 Å². The average molecular weight is 157 g/mol. The zero-order valence-corrected chi connectivity index (χ0v) is 7.12. The van der Waals surface area contributed by atoms with E-state index < -0.39 is 0 Å². The molecule has 0 atom stereocenters. The van der Waals surface area contributed by atoms with E-state index in [1.807, 2.05) is 5.54 Å². The molecule has 0 aromatic carbocycles. The Morgan fingerprint density at radius 3 is 1.82 bits per heavy atom. The summed E-state index contributed by atoms with van der Waals surface area (Å²) in [6, 6.07) is 0. The first kappa shape index (κ1) is 7.53. The smallest absolute Gasteiger partial charge is 0.0482 e. The Hall–Kier alpha value is -0.110. The number of rotatable bonds is 1. The van der Waals surface area contributed by atoms with Crippen LogP contribution in [0.5, 0.6) is 0 Å². The van der Waals surface area contributed by atoms with Crippen molar-refractivity contribution in [3.63, 3.8) is 0 Å². The van der Waals surface area contributed by atoms with Crippen LogP contribution in [-0.4, -0.2) is 5.54 Å². The van der Waals surface area contributed by atoms with Gasteiger partial charge in [0.05, 0.1) is 0 Å². The van der Waals surface area contributed by atoms with E-state index in [1.165, 1.54) is 19.3 Å². The Morgan fingerprint density at radius 1 is 1.00 bits per heavy atom. The van der Waals surface area contributed by atoms with E-state index >= 15 is 0 Å². The molecule has 3 fully saturated rings. The van der Waals surface area contributed by atoms with Crippen molar-refractivity contribution < 1.29 is 4.48 Å². The van der Waals surface area contributed by atoms with E-state index in [1.54, 1.807) is 0 Å². The topological polar surface area (TPSA) is 12.0 Å². The Bertz CT molecular complexity index is 142. The van der Waals surface area contributed by atoms with E-state index in [9.17, 15) is 4.48 Å². The van der Waals surface area contributed by atoms with Gasteiger partial charge in [0.1, 0.15) is 0 Å². The summed E-state index contributed by atoms with van der Waals surface area (Å²) in [6.45, 7) is 2.34. The van der Waals surface area contributed by atoms with Crippen LogP contribution in [0.15, 0.2) is 0 Å². The summed E-state index contributed by atoms with van der Waals surface area (Å²) in [6.07, 6.45) is 6.76. The molecule has 3 rings (SSSR count). The lowest BCUT2D eigenvalue weighted by molar-refractivity contribution is -0.00164. The molecule has 0 saturated heterocycles. The van der Waals surface area contributed by atoms with Crippen LogP contribution in [0.25, 0.3) is 0 Å². The first-order chi connectivity index (χ1) is 5.18. The second kappa shape index (κ2) is 2.19. The molecule has 0 aromatic rings. The van der Waals surface area contributed by atoms with Crippen LogP contribution >= 0.6 is 0 Å². The van der Waals surface area contributed by atoms with E-state index in [-0.39, 0.29) is 5.54 Å². The molecule has 2 heteroatoms. The summed E-state index contributed by atoms with van der Waals surface area (Å²) in [7, 11) is 0. The molecular weight excluding hydrogens is 141 g/mol. The van der Waals surface area contributed by atoms with Gasteiger partial charge in [0.25, 0.3) is 0 Å². The van der Waals surface area contributed by atoms with Gasteiger partial charge < -0.3 is 0 Å². The molecule has 0 heterocycles. The molecule has 0 amide bonds. The maximum Gasteiger partial charge on any atom is 0.0482 e. The largest absolute Gasteiger partial charge is 0.153 e. The Balaban J connectivity index is 2.12. The first-order valence-corrected chi connectivity index (χ1v) is 4.56. The standard InChI is InChI=1S/C9H16FN/c1-8-2-5-9(11-10,6-3-8)7-4-8/h11H,2-7H2,1H3. The second-order valence-corrected chi connectivity index (χ2v) is 4.69. The van der Waals surface area contributed by atoms with Crippen molar-refractivity contribution in [2.75, 3.05) is 0 Å². The molecule has 1 nitrogen and oxygen atoms in total. The first-order valence-electron chi connectivity index (χ1n) is 4.56. The van der Waals surface area contributed by atoms with Crippen molar-refractivity contribution >= 4 is 0 Å². The molecule has 0 aliphatic heterocycles. The maximum absolute atomic E-state index is 12.4. The fourth-order valence-corrected chi connectivity index (χ4v) is 2.51. The second-order valence-electron chi connectivity index (χ2n) is 4.69. The minimum absolute atomic E-state index is 0.113. The zero-order chi connectivity index (χ0) is 7.95. The van der Waals surface area contributed by atoms with Gasteiger partial charge in [0, 0.05) is 5.54 Å². The molecule has 3 saturated carbocycles. The molecule has 3 aliphatic carbocycles. The highest BCUT2D eigenvalue weighted by Crippen LogP contribution is 2.51. The minimum atomic E-state index is -0.113. The van der Waals surface area contributed by atoms with Crippen LogP contribution < -0.4 is 5.54 Å². The van der Waals surface area contributed by atoms with Crippen LogP contribution in [-0.2, 0) is 0 Å². The molecule has 11 heavy (non-hydrogen) atoms. The van der Waals surface area contributed by atoms with Gasteiger partial charge in [-0.15, -0.1) is 4.48 Å². The van der Waals surface area contributed by atoms with Crippen molar-refractivity contribution in [2.24, 2.45) is 5.41 Å². The summed E-state index contributed by atoms with van der Waals surface area (Å²) in [4.78, 5) is 0. The number of fused-ring (bicyclic) bond motifs is 3. The average Bonchev–Trinajstić information content (AvgIpc) is 2.07. The van der Waals surface area contributed by atoms with E-state index in [2.05, 4.69) is 6.92 Å². The lowest BCUT2D eigenvalue weighted by Crippen LogP contribution is -2.51. The molecular formula is C9H16FN. The molecule has 64 valence electrons. The third-order valence-electron chi connectivity index (χ3n) is 3.82. The summed E-state index contributed by atoms with van der Waals surface area (Å²) in [5.41, 5.74) is 2.46. The van der Waals surface area contributed by atoms with Crippen LogP contribution in [0.4, 0.5) is 4.48 Å². The maximum atomic E-state index is 12.4. The van der Waals surface area contributed by atoms with Gasteiger partial charge in [-0.2, -0.15) is 5.54 Å². The Labute approximate surface area is 67.3 Å².